The summed E-state index contributed by atoms with van der Waals surface area (Å²) in [4.78, 5) is 14.4. The summed E-state index contributed by atoms with van der Waals surface area (Å²) in [5.41, 5.74) is 1.68. The molecule has 2 aromatic rings. The van der Waals surface area contributed by atoms with Crippen LogP contribution in [0.5, 0.6) is 5.75 Å². The van der Waals surface area contributed by atoms with Gasteiger partial charge in [0.05, 0.1) is 29.6 Å². The third kappa shape index (κ3) is 5.21. The molecule has 0 radical (unpaired) electrons. The maximum Gasteiger partial charge on any atom is 0.387 e. The second-order valence-electron chi connectivity index (χ2n) is 5.97. The van der Waals surface area contributed by atoms with E-state index in [-0.39, 0.29) is 5.75 Å². The summed E-state index contributed by atoms with van der Waals surface area (Å²) in [6.45, 7) is -0.439. The topological polar surface area (TPSA) is 50.8 Å². The van der Waals surface area contributed by atoms with Crippen molar-refractivity contribution in [2.75, 3.05) is 36.5 Å². The lowest BCUT2D eigenvalue weighted by atomic mass is 10.2. The van der Waals surface area contributed by atoms with Crippen molar-refractivity contribution in [1.82, 2.24) is 0 Å². The Morgan fingerprint density at radius 3 is 2.68 bits per heavy atom. The van der Waals surface area contributed by atoms with Crippen LogP contribution in [0.3, 0.4) is 0 Å². The average Bonchev–Trinajstić information content (AvgIpc) is 2.68. The molecule has 28 heavy (non-hydrogen) atoms. The first-order valence-corrected chi connectivity index (χ1v) is 9.06. The lowest BCUT2D eigenvalue weighted by molar-refractivity contribution is -0.111. The van der Waals surface area contributed by atoms with Gasteiger partial charge in [-0.2, -0.15) is 8.78 Å². The van der Waals surface area contributed by atoms with Crippen LogP contribution in [-0.2, 0) is 9.53 Å². The van der Waals surface area contributed by atoms with Gasteiger partial charge in [-0.25, -0.2) is 0 Å². The molecular formula is C20H19ClF2N2O3. The third-order valence-electron chi connectivity index (χ3n) is 4.12. The van der Waals surface area contributed by atoms with Gasteiger partial charge in [0.25, 0.3) is 0 Å². The highest BCUT2D eigenvalue weighted by atomic mass is 35.5. The SMILES string of the molecule is O=C(/C=C/c1ccccc1OC(F)F)Nc1cccc(Cl)c1N1CCOCC1. The van der Waals surface area contributed by atoms with E-state index in [9.17, 15) is 13.6 Å². The van der Waals surface area contributed by atoms with Gasteiger partial charge in [-0.15, -0.1) is 0 Å². The molecule has 1 N–H and O–H groups in total. The smallest absolute Gasteiger partial charge is 0.387 e. The minimum atomic E-state index is -2.94. The van der Waals surface area contributed by atoms with Gasteiger partial charge in [-0.3, -0.25) is 4.79 Å². The van der Waals surface area contributed by atoms with E-state index in [2.05, 4.69) is 15.0 Å². The number of ether oxygens (including phenoxy) is 2. The zero-order valence-corrected chi connectivity index (χ0v) is 15.7. The number of para-hydroxylation sites is 2. The predicted octanol–water partition coefficient (Wildman–Crippen LogP) is 4.43. The lowest BCUT2D eigenvalue weighted by Gasteiger charge is -2.31. The first kappa shape index (κ1) is 20.1. The van der Waals surface area contributed by atoms with Crippen LogP contribution in [0.15, 0.2) is 48.5 Å². The molecule has 0 aliphatic carbocycles. The van der Waals surface area contributed by atoms with E-state index in [4.69, 9.17) is 16.3 Å². The Morgan fingerprint density at radius 1 is 1.18 bits per heavy atom. The van der Waals surface area contributed by atoms with Crippen LogP contribution in [0.1, 0.15) is 5.56 Å². The first-order valence-electron chi connectivity index (χ1n) is 8.68. The number of hydrogen-bond acceptors (Lipinski definition) is 4. The third-order valence-corrected chi connectivity index (χ3v) is 4.43. The standard InChI is InChI=1S/C20H19ClF2N2O3/c21-15-5-3-6-16(19(15)25-10-12-27-13-11-25)24-18(26)9-8-14-4-1-2-7-17(14)28-20(22)23/h1-9,20H,10-13H2,(H,24,26)/b9-8+. The van der Waals surface area contributed by atoms with Crippen LogP contribution in [0.4, 0.5) is 20.2 Å². The molecule has 1 aliphatic rings. The second-order valence-corrected chi connectivity index (χ2v) is 6.38. The molecule has 1 saturated heterocycles. The fraction of sp³-hybridized carbons (Fsp3) is 0.250. The van der Waals surface area contributed by atoms with E-state index in [0.29, 0.717) is 42.6 Å². The Labute approximate surface area is 166 Å². The van der Waals surface area contributed by atoms with E-state index in [1.54, 1.807) is 36.4 Å². The number of amides is 1. The van der Waals surface area contributed by atoms with E-state index in [1.807, 2.05) is 0 Å². The van der Waals surface area contributed by atoms with Crippen LogP contribution in [0.25, 0.3) is 6.08 Å². The first-order chi connectivity index (χ1) is 13.5. The van der Waals surface area contributed by atoms with Crippen molar-refractivity contribution in [3.63, 3.8) is 0 Å². The fourth-order valence-electron chi connectivity index (χ4n) is 2.89. The van der Waals surface area contributed by atoms with Crippen LogP contribution in [0, 0.1) is 0 Å². The highest BCUT2D eigenvalue weighted by Crippen LogP contribution is 2.34. The maximum atomic E-state index is 12.5. The molecule has 1 heterocycles. The van der Waals surface area contributed by atoms with Gasteiger partial charge in [0.2, 0.25) is 5.91 Å². The van der Waals surface area contributed by atoms with E-state index in [0.717, 1.165) is 5.69 Å². The summed E-state index contributed by atoms with van der Waals surface area (Å²) < 4.78 is 34.8. The van der Waals surface area contributed by atoms with Crippen molar-refractivity contribution in [2.24, 2.45) is 0 Å². The van der Waals surface area contributed by atoms with Crippen molar-refractivity contribution in [3.05, 3.63) is 59.1 Å². The molecule has 2 aromatic carbocycles. The second kappa shape index (κ2) is 9.52. The molecule has 1 fully saturated rings. The fourth-order valence-corrected chi connectivity index (χ4v) is 3.18. The summed E-state index contributed by atoms with van der Waals surface area (Å²) in [5, 5.41) is 3.32. The van der Waals surface area contributed by atoms with Crippen LogP contribution >= 0.6 is 11.6 Å². The van der Waals surface area contributed by atoms with E-state index in [1.165, 1.54) is 18.2 Å². The highest BCUT2D eigenvalue weighted by molar-refractivity contribution is 6.34. The number of carbonyl (C=O) groups is 1. The van der Waals surface area contributed by atoms with Crippen molar-refractivity contribution in [2.45, 2.75) is 6.61 Å². The van der Waals surface area contributed by atoms with Crippen molar-refractivity contribution in [3.8, 4) is 5.75 Å². The van der Waals surface area contributed by atoms with Crippen LogP contribution in [0.2, 0.25) is 5.02 Å². The molecule has 3 rings (SSSR count). The molecule has 8 heteroatoms. The van der Waals surface area contributed by atoms with Gasteiger partial charge in [-0.05, 0) is 24.3 Å². The number of alkyl halides is 2. The summed E-state index contributed by atoms with van der Waals surface area (Å²) in [5.74, 6) is -0.415. The molecule has 1 aliphatic heterocycles. The molecule has 0 saturated carbocycles. The molecule has 0 spiro atoms. The molecular weight excluding hydrogens is 390 g/mol. The Bertz CT molecular complexity index is 855. The number of rotatable bonds is 6. The Kier molecular flexibility index (Phi) is 6.84. The number of hydrogen-bond donors (Lipinski definition) is 1. The number of halogens is 3. The number of benzene rings is 2. The number of nitrogens with one attached hydrogen (secondary N) is 1. The van der Waals surface area contributed by atoms with Crippen LogP contribution in [-0.4, -0.2) is 38.8 Å². The average molecular weight is 409 g/mol. The zero-order chi connectivity index (χ0) is 19.9. The van der Waals surface area contributed by atoms with Crippen molar-refractivity contribution in [1.29, 1.82) is 0 Å². The number of nitrogens with zero attached hydrogens (tertiary/aromatic N) is 1. The minimum Gasteiger partial charge on any atom is -0.434 e. The summed E-state index contributed by atoms with van der Waals surface area (Å²) in [6.07, 6.45) is 2.68. The molecule has 0 aromatic heterocycles. The predicted molar refractivity (Wildman–Crippen MR) is 105 cm³/mol. The molecule has 148 valence electrons. The Morgan fingerprint density at radius 2 is 1.93 bits per heavy atom. The van der Waals surface area contributed by atoms with Gasteiger partial charge >= 0.3 is 6.61 Å². The minimum absolute atomic E-state index is 0.00156. The zero-order valence-electron chi connectivity index (χ0n) is 14.9. The van der Waals surface area contributed by atoms with Crippen molar-refractivity contribution < 1.29 is 23.0 Å². The van der Waals surface area contributed by atoms with Gasteiger partial charge in [-0.1, -0.05) is 35.9 Å². The largest absolute Gasteiger partial charge is 0.434 e. The molecule has 1 amide bonds. The van der Waals surface area contributed by atoms with E-state index < -0.39 is 12.5 Å². The van der Waals surface area contributed by atoms with Crippen LogP contribution < -0.4 is 15.0 Å². The van der Waals surface area contributed by atoms with E-state index >= 15 is 0 Å². The maximum absolute atomic E-state index is 12.5. The number of morpholine rings is 1. The normalized spacial score (nSPS) is 14.5. The van der Waals surface area contributed by atoms with Gasteiger partial charge < -0.3 is 19.7 Å². The molecule has 5 nitrogen and oxygen atoms in total. The van der Waals surface area contributed by atoms with Gasteiger partial charge in [0.1, 0.15) is 5.75 Å². The monoisotopic (exact) mass is 408 g/mol. The Balaban J connectivity index is 1.75. The molecule has 0 atom stereocenters. The summed E-state index contributed by atoms with van der Waals surface area (Å²) >= 11 is 6.35. The summed E-state index contributed by atoms with van der Waals surface area (Å²) in [7, 11) is 0. The summed E-state index contributed by atoms with van der Waals surface area (Å²) in [6, 6.07) is 11.5. The van der Waals surface area contributed by atoms with Crippen molar-refractivity contribution >= 4 is 35.0 Å². The quantitative estimate of drug-likeness (QED) is 0.718. The molecule has 0 bridgehead atoms. The lowest BCUT2D eigenvalue weighted by Crippen LogP contribution is -2.37. The highest BCUT2D eigenvalue weighted by Gasteiger charge is 2.18. The number of carbonyl (C=O) groups excluding carboxylic acids is 1. The van der Waals surface area contributed by atoms with Gasteiger partial charge in [0, 0.05) is 24.7 Å². The molecule has 0 unspecified atom stereocenters. The van der Waals surface area contributed by atoms with Gasteiger partial charge in [0.15, 0.2) is 0 Å². The Hall–Kier alpha value is -2.64. The number of anilines is 2.